The number of hydrogen-bond donors (Lipinski definition) is 3. The number of carbonyl (C=O) groups is 3. The highest BCUT2D eigenvalue weighted by molar-refractivity contribution is 5.96. The number of ether oxygens (including phenoxy) is 1. The fraction of sp³-hybridized carbons (Fsp3) is 0.700. The second-order valence-electron chi connectivity index (χ2n) is 4.16. The van der Waals surface area contributed by atoms with Crippen molar-refractivity contribution in [3.63, 3.8) is 0 Å². The Kier molecular flexibility index (Phi) is 6.19. The first-order valence-electron chi connectivity index (χ1n) is 5.09. The highest BCUT2D eigenvalue weighted by Gasteiger charge is 2.30. The van der Waals surface area contributed by atoms with Crippen molar-refractivity contribution in [2.75, 3.05) is 20.3 Å². The monoisotopic (exact) mass is 246 g/mol. The molecule has 0 atom stereocenters. The number of urea groups is 1. The van der Waals surface area contributed by atoms with Gasteiger partial charge in [0, 0.05) is 20.1 Å². The molecule has 0 radical (unpaired) electrons. The van der Waals surface area contributed by atoms with Crippen molar-refractivity contribution in [2.45, 2.75) is 20.3 Å². The van der Waals surface area contributed by atoms with E-state index in [0.29, 0.717) is 6.61 Å². The lowest BCUT2D eigenvalue weighted by Crippen LogP contribution is -2.43. The lowest BCUT2D eigenvalue weighted by atomic mass is 9.89. The molecule has 0 bridgehead atoms. The predicted molar refractivity (Wildman–Crippen MR) is 59.5 cm³/mol. The van der Waals surface area contributed by atoms with Gasteiger partial charge in [0.1, 0.15) is 0 Å². The van der Waals surface area contributed by atoms with Crippen LogP contribution in [0.2, 0.25) is 0 Å². The third kappa shape index (κ3) is 6.52. The van der Waals surface area contributed by atoms with Crippen LogP contribution in [-0.4, -0.2) is 43.3 Å². The summed E-state index contributed by atoms with van der Waals surface area (Å²) in [5.41, 5.74) is -1.20. The fourth-order valence-electron chi connectivity index (χ4n) is 0.959. The Balaban J connectivity index is 4.02. The highest BCUT2D eigenvalue weighted by atomic mass is 16.5. The summed E-state index contributed by atoms with van der Waals surface area (Å²) in [6.45, 7) is 3.44. The SMILES string of the molecule is COCCNC(=O)NC(=O)CC(C)(C)C(=O)O. The van der Waals surface area contributed by atoms with Crippen molar-refractivity contribution in [3.8, 4) is 0 Å². The minimum atomic E-state index is -1.20. The molecule has 0 saturated carbocycles. The lowest BCUT2D eigenvalue weighted by Gasteiger charge is -2.17. The van der Waals surface area contributed by atoms with Gasteiger partial charge in [0.15, 0.2) is 0 Å². The second-order valence-corrected chi connectivity index (χ2v) is 4.16. The average molecular weight is 246 g/mol. The van der Waals surface area contributed by atoms with E-state index >= 15 is 0 Å². The summed E-state index contributed by atoms with van der Waals surface area (Å²) >= 11 is 0. The summed E-state index contributed by atoms with van der Waals surface area (Å²) < 4.78 is 4.70. The Morgan fingerprint density at radius 3 is 2.35 bits per heavy atom. The first-order valence-corrected chi connectivity index (χ1v) is 5.09. The molecular weight excluding hydrogens is 228 g/mol. The molecule has 0 aromatic carbocycles. The predicted octanol–water partition coefficient (Wildman–Crippen LogP) is -0.0405. The third-order valence-electron chi connectivity index (χ3n) is 2.03. The van der Waals surface area contributed by atoms with Crippen molar-refractivity contribution in [3.05, 3.63) is 0 Å². The van der Waals surface area contributed by atoms with Crippen molar-refractivity contribution in [1.82, 2.24) is 10.6 Å². The molecule has 0 heterocycles. The Hall–Kier alpha value is -1.63. The van der Waals surface area contributed by atoms with Crippen molar-refractivity contribution < 1.29 is 24.2 Å². The van der Waals surface area contributed by atoms with E-state index in [2.05, 4.69) is 5.32 Å². The molecule has 0 aromatic heterocycles. The number of hydrogen-bond acceptors (Lipinski definition) is 4. The number of imide groups is 1. The maximum Gasteiger partial charge on any atom is 0.321 e. The second kappa shape index (κ2) is 6.85. The van der Waals surface area contributed by atoms with Gasteiger partial charge in [0.05, 0.1) is 12.0 Å². The molecule has 0 unspecified atom stereocenters. The summed E-state index contributed by atoms with van der Waals surface area (Å²) in [6.07, 6.45) is -0.264. The summed E-state index contributed by atoms with van der Waals surface area (Å²) in [6, 6.07) is -0.659. The molecule has 17 heavy (non-hydrogen) atoms. The quantitative estimate of drug-likeness (QED) is 0.570. The Bertz CT molecular complexity index is 301. The lowest BCUT2D eigenvalue weighted by molar-refractivity contribution is -0.149. The zero-order chi connectivity index (χ0) is 13.5. The molecular formula is C10H18N2O5. The van der Waals surface area contributed by atoms with Crippen LogP contribution in [-0.2, 0) is 14.3 Å². The zero-order valence-electron chi connectivity index (χ0n) is 10.2. The molecule has 0 rings (SSSR count). The van der Waals surface area contributed by atoms with Crippen LogP contribution < -0.4 is 10.6 Å². The molecule has 0 aliphatic rings. The molecule has 0 fully saturated rings. The number of aliphatic carboxylic acids is 1. The van der Waals surface area contributed by atoms with Crippen LogP contribution in [0, 0.1) is 5.41 Å². The highest BCUT2D eigenvalue weighted by Crippen LogP contribution is 2.19. The van der Waals surface area contributed by atoms with Crippen molar-refractivity contribution in [2.24, 2.45) is 5.41 Å². The molecule has 0 spiro atoms. The number of nitrogens with one attached hydrogen (secondary N) is 2. The summed E-state index contributed by atoms with van der Waals surface area (Å²) in [7, 11) is 1.49. The van der Waals surface area contributed by atoms with Gasteiger partial charge in [-0.3, -0.25) is 14.9 Å². The first kappa shape index (κ1) is 15.4. The largest absolute Gasteiger partial charge is 0.481 e. The molecule has 98 valence electrons. The Morgan fingerprint density at radius 1 is 1.29 bits per heavy atom. The zero-order valence-corrected chi connectivity index (χ0v) is 10.2. The summed E-state index contributed by atoms with van der Waals surface area (Å²) in [4.78, 5) is 33.2. The summed E-state index contributed by atoms with van der Waals surface area (Å²) in [5, 5.41) is 13.2. The van der Waals surface area contributed by atoms with Gasteiger partial charge in [-0.15, -0.1) is 0 Å². The van der Waals surface area contributed by atoms with Crippen molar-refractivity contribution >= 4 is 17.9 Å². The number of carbonyl (C=O) groups excluding carboxylic acids is 2. The molecule has 0 aliphatic carbocycles. The standard InChI is InChI=1S/C10H18N2O5/c1-10(2,8(14)15)6-7(13)12-9(16)11-4-5-17-3/h4-6H2,1-3H3,(H,14,15)(H2,11,12,13,16). The van der Waals surface area contributed by atoms with Crippen LogP contribution in [0.5, 0.6) is 0 Å². The van der Waals surface area contributed by atoms with E-state index in [1.807, 2.05) is 5.32 Å². The van der Waals surface area contributed by atoms with E-state index in [1.54, 1.807) is 0 Å². The smallest absolute Gasteiger partial charge is 0.321 e. The van der Waals surface area contributed by atoms with E-state index in [0.717, 1.165) is 0 Å². The normalized spacial score (nSPS) is 10.8. The van der Waals surface area contributed by atoms with Gasteiger partial charge in [0.25, 0.3) is 0 Å². The van der Waals surface area contributed by atoms with Gasteiger partial charge >= 0.3 is 12.0 Å². The average Bonchev–Trinajstić information content (AvgIpc) is 2.16. The summed E-state index contributed by atoms with van der Waals surface area (Å²) in [5.74, 6) is -1.72. The maximum absolute atomic E-state index is 11.3. The third-order valence-corrected chi connectivity index (χ3v) is 2.03. The molecule has 0 aliphatic heterocycles. The Labute approximate surface area is 99.5 Å². The molecule has 0 aromatic rings. The first-order chi connectivity index (χ1) is 7.79. The number of methoxy groups -OCH3 is 1. The van der Waals surface area contributed by atoms with E-state index < -0.39 is 23.3 Å². The topological polar surface area (TPSA) is 105 Å². The maximum atomic E-state index is 11.3. The fourth-order valence-corrected chi connectivity index (χ4v) is 0.959. The van der Waals surface area contributed by atoms with Crippen LogP contribution >= 0.6 is 0 Å². The minimum Gasteiger partial charge on any atom is -0.481 e. The molecule has 3 amide bonds. The van der Waals surface area contributed by atoms with Crippen LogP contribution in [0.3, 0.4) is 0 Å². The number of rotatable bonds is 6. The van der Waals surface area contributed by atoms with Gasteiger partial charge < -0.3 is 15.2 Å². The van der Waals surface area contributed by atoms with E-state index in [4.69, 9.17) is 9.84 Å². The molecule has 0 saturated heterocycles. The van der Waals surface area contributed by atoms with Crippen LogP contribution in [0.1, 0.15) is 20.3 Å². The number of carboxylic acid groups (broad SMARTS) is 1. The van der Waals surface area contributed by atoms with Gasteiger partial charge in [-0.05, 0) is 13.8 Å². The van der Waals surface area contributed by atoms with Gasteiger partial charge in [-0.25, -0.2) is 4.79 Å². The van der Waals surface area contributed by atoms with Crippen LogP contribution in [0.15, 0.2) is 0 Å². The van der Waals surface area contributed by atoms with E-state index in [-0.39, 0.29) is 13.0 Å². The van der Waals surface area contributed by atoms with Gasteiger partial charge in [-0.1, -0.05) is 0 Å². The van der Waals surface area contributed by atoms with Gasteiger partial charge in [-0.2, -0.15) is 0 Å². The number of amides is 3. The molecule has 3 N–H and O–H groups in total. The van der Waals surface area contributed by atoms with E-state index in [1.165, 1.54) is 21.0 Å². The van der Waals surface area contributed by atoms with Crippen LogP contribution in [0.25, 0.3) is 0 Å². The van der Waals surface area contributed by atoms with Gasteiger partial charge in [0.2, 0.25) is 5.91 Å². The minimum absolute atomic E-state index is 0.264. The van der Waals surface area contributed by atoms with E-state index in [9.17, 15) is 14.4 Å². The Morgan fingerprint density at radius 2 is 1.88 bits per heavy atom. The van der Waals surface area contributed by atoms with Crippen molar-refractivity contribution in [1.29, 1.82) is 0 Å². The molecule has 7 heteroatoms. The van der Waals surface area contributed by atoms with Crippen LogP contribution in [0.4, 0.5) is 4.79 Å². The molecule has 7 nitrogen and oxygen atoms in total. The number of carboxylic acids is 1.